The van der Waals surface area contributed by atoms with E-state index < -0.39 is 23.5 Å². The van der Waals surface area contributed by atoms with Crippen molar-refractivity contribution in [3.8, 4) is 5.75 Å². The number of aliphatic hydroxyl groups is 1. The first-order valence-corrected chi connectivity index (χ1v) is 11.0. The van der Waals surface area contributed by atoms with Crippen molar-refractivity contribution in [2.75, 3.05) is 4.90 Å². The van der Waals surface area contributed by atoms with Crippen molar-refractivity contribution in [1.29, 1.82) is 0 Å². The number of benzene rings is 3. The number of ketones is 1. The molecule has 0 saturated carbocycles. The Bertz CT molecular complexity index is 1390. The molecule has 0 fully saturated rings. The zero-order valence-corrected chi connectivity index (χ0v) is 18.7. The molecule has 0 spiro atoms. The molecule has 1 aliphatic heterocycles. The van der Waals surface area contributed by atoms with Gasteiger partial charge in [0.15, 0.2) is 11.5 Å². The van der Waals surface area contributed by atoms with Gasteiger partial charge in [0.1, 0.15) is 11.3 Å². The summed E-state index contributed by atoms with van der Waals surface area (Å²) in [6, 6.07) is 21.6. The van der Waals surface area contributed by atoms with Gasteiger partial charge in [0.25, 0.3) is 5.91 Å². The number of aromatic hydroxyl groups is 1. The molecule has 2 heterocycles. The fourth-order valence-corrected chi connectivity index (χ4v) is 4.32. The Hall–Kier alpha value is -4.32. The Kier molecular flexibility index (Phi) is 5.21. The van der Waals surface area contributed by atoms with E-state index in [0.717, 1.165) is 10.9 Å². The minimum atomic E-state index is -0.890. The highest BCUT2D eigenvalue weighted by Gasteiger charge is 2.45. The molecule has 1 unspecified atom stereocenters. The number of anilines is 1. The molecule has 1 aliphatic rings. The highest BCUT2D eigenvalue weighted by molar-refractivity contribution is 6.20. The third kappa shape index (κ3) is 3.53. The Labute approximate surface area is 196 Å². The number of fused-ring (bicyclic) bond motifs is 1. The van der Waals surface area contributed by atoms with Gasteiger partial charge in [0, 0.05) is 11.1 Å². The number of hydrogen-bond acceptors (Lipinski definition) is 5. The molecule has 6 nitrogen and oxygen atoms in total. The van der Waals surface area contributed by atoms with Crippen LogP contribution in [0.1, 0.15) is 47.5 Å². The molecule has 0 bridgehead atoms. The van der Waals surface area contributed by atoms with Crippen LogP contribution in [0.2, 0.25) is 0 Å². The summed E-state index contributed by atoms with van der Waals surface area (Å²) in [6.07, 6.45) is 0. The maximum absolute atomic E-state index is 13.6. The van der Waals surface area contributed by atoms with Crippen LogP contribution in [0.4, 0.5) is 5.69 Å². The SMILES string of the molecule is CC(C)c1ccc(N2C(=O)C(O)=C(C(=O)c3cc4ccccc4o3)C2c2ccc(O)cc2)cc1. The number of para-hydroxylation sites is 1. The summed E-state index contributed by atoms with van der Waals surface area (Å²) in [5.74, 6) is -1.45. The van der Waals surface area contributed by atoms with Crippen molar-refractivity contribution in [2.24, 2.45) is 0 Å². The minimum Gasteiger partial charge on any atom is -0.508 e. The van der Waals surface area contributed by atoms with Gasteiger partial charge in [-0.1, -0.05) is 56.3 Å². The molecular formula is C28H23NO5. The summed E-state index contributed by atoms with van der Waals surface area (Å²) in [5, 5.41) is 21.4. The number of aliphatic hydroxyl groups excluding tert-OH is 1. The van der Waals surface area contributed by atoms with Gasteiger partial charge in [-0.3, -0.25) is 14.5 Å². The summed E-state index contributed by atoms with van der Waals surface area (Å²) < 4.78 is 5.75. The summed E-state index contributed by atoms with van der Waals surface area (Å²) in [5.41, 5.74) is 2.70. The second kappa shape index (κ2) is 8.23. The van der Waals surface area contributed by atoms with Gasteiger partial charge in [-0.2, -0.15) is 0 Å². The standard InChI is InChI=1S/C28H23NO5/c1-16(2)17-7-11-20(12-8-17)29-25(18-9-13-21(30)14-10-18)24(27(32)28(29)33)26(31)23-15-19-5-3-4-6-22(19)34-23/h3-16,25,30,32H,1-2H3. The first-order valence-electron chi connectivity index (χ1n) is 11.0. The van der Waals surface area contributed by atoms with E-state index >= 15 is 0 Å². The molecule has 0 saturated heterocycles. The average molecular weight is 453 g/mol. The molecule has 1 atom stereocenters. The van der Waals surface area contributed by atoms with E-state index in [1.807, 2.05) is 36.4 Å². The summed E-state index contributed by atoms with van der Waals surface area (Å²) in [7, 11) is 0. The molecule has 3 aromatic carbocycles. The fraction of sp³-hybridized carbons (Fsp3) is 0.143. The number of Topliss-reactive ketones (excluding diaryl/α,β-unsaturated/α-hetero) is 1. The summed E-state index contributed by atoms with van der Waals surface area (Å²) in [6.45, 7) is 4.15. The van der Waals surface area contributed by atoms with E-state index in [-0.39, 0.29) is 17.1 Å². The molecule has 2 N–H and O–H groups in total. The van der Waals surface area contributed by atoms with E-state index in [9.17, 15) is 19.8 Å². The van der Waals surface area contributed by atoms with Crippen molar-refractivity contribution in [2.45, 2.75) is 25.8 Å². The number of carbonyl (C=O) groups is 2. The predicted molar refractivity (Wildman–Crippen MR) is 129 cm³/mol. The van der Waals surface area contributed by atoms with Gasteiger partial charge in [-0.15, -0.1) is 0 Å². The Balaban J connectivity index is 1.63. The molecular weight excluding hydrogens is 430 g/mol. The predicted octanol–water partition coefficient (Wildman–Crippen LogP) is 6.04. The van der Waals surface area contributed by atoms with Crippen LogP contribution in [-0.2, 0) is 4.79 Å². The van der Waals surface area contributed by atoms with Crippen molar-refractivity contribution < 1.29 is 24.2 Å². The van der Waals surface area contributed by atoms with Crippen LogP contribution in [0.3, 0.4) is 0 Å². The Morgan fingerprint density at radius 2 is 1.62 bits per heavy atom. The van der Waals surface area contributed by atoms with Crippen molar-refractivity contribution >= 4 is 28.3 Å². The van der Waals surface area contributed by atoms with Gasteiger partial charge < -0.3 is 14.6 Å². The molecule has 1 amide bonds. The lowest BCUT2D eigenvalue weighted by atomic mass is 9.94. The Morgan fingerprint density at radius 3 is 2.26 bits per heavy atom. The van der Waals surface area contributed by atoms with Gasteiger partial charge in [0.2, 0.25) is 5.78 Å². The van der Waals surface area contributed by atoms with E-state index in [0.29, 0.717) is 22.8 Å². The first kappa shape index (κ1) is 21.5. The average Bonchev–Trinajstić information content (AvgIpc) is 3.38. The zero-order chi connectivity index (χ0) is 24.0. The van der Waals surface area contributed by atoms with Crippen LogP contribution in [-0.4, -0.2) is 21.9 Å². The zero-order valence-electron chi connectivity index (χ0n) is 18.7. The largest absolute Gasteiger partial charge is 0.508 e. The van der Waals surface area contributed by atoms with Crippen molar-refractivity contribution in [3.63, 3.8) is 0 Å². The first-order chi connectivity index (χ1) is 16.3. The van der Waals surface area contributed by atoms with Crippen LogP contribution >= 0.6 is 0 Å². The number of nitrogens with zero attached hydrogens (tertiary/aromatic N) is 1. The second-order valence-electron chi connectivity index (χ2n) is 8.66. The molecule has 0 aliphatic carbocycles. The van der Waals surface area contributed by atoms with Gasteiger partial charge in [0.05, 0.1) is 11.6 Å². The molecule has 5 rings (SSSR count). The van der Waals surface area contributed by atoms with Gasteiger partial charge >= 0.3 is 0 Å². The molecule has 6 heteroatoms. The fourth-order valence-electron chi connectivity index (χ4n) is 4.32. The van der Waals surface area contributed by atoms with Crippen LogP contribution in [0.5, 0.6) is 5.75 Å². The highest BCUT2D eigenvalue weighted by Crippen LogP contribution is 2.42. The number of phenolic OH excluding ortho intramolecular Hbond substituents is 1. The van der Waals surface area contributed by atoms with Crippen LogP contribution in [0.15, 0.2) is 94.6 Å². The van der Waals surface area contributed by atoms with E-state index in [2.05, 4.69) is 13.8 Å². The number of rotatable bonds is 5. The lowest BCUT2D eigenvalue weighted by molar-refractivity contribution is -0.117. The number of furan rings is 1. The van der Waals surface area contributed by atoms with Crippen molar-refractivity contribution in [1.82, 2.24) is 0 Å². The third-order valence-electron chi connectivity index (χ3n) is 6.15. The smallest absolute Gasteiger partial charge is 0.294 e. The van der Waals surface area contributed by atoms with Crippen LogP contribution in [0.25, 0.3) is 11.0 Å². The number of hydrogen-bond donors (Lipinski definition) is 2. The number of carbonyl (C=O) groups excluding carboxylic acids is 2. The van der Waals surface area contributed by atoms with E-state index in [1.165, 1.54) is 17.0 Å². The Morgan fingerprint density at radius 1 is 0.941 bits per heavy atom. The maximum atomic E-state index is 13.6. The molecule has 170 valence electrons. The molecule has 34 heavy (non-hydrogen) atoms. The van der Waals surface area contributed by atoms with Crippen molar-refractivity contribution in [3.05, 3.63) is 107 Å². The van der Waals surface area contributed by atoms with E-state index in [1.54, 1.807) is 30.3 Å². The lowest BCUT2D eigenvalue weighted by Gasteiger charge is -2.27. The van der Waals surface area contributed by atoms with E-state index in [4.69, 9.17) is 4.42 Å². The van der Waals surface area contributed by atoms with Crippen LogP contribution in [0, 0.1) is 0 Å². The monoisotopic (exact) mass is 453 g/mol. The minimum absolute atomic E-state index is 0.0383. The van der Waals surface area contributed by atoms with Gasteiger partial charge in [-0.25, -0.2) is 0 Å². The molecule has 1 aromatic heterocycles. The molecule has 0 radical (unpaired) electrons. The topological polar surface area (TPSA) is 91.0 Å². The third-order valence-corrected chi connectivity index (χ3v) is 6.15. The second-order valence-corrected chi connectivity index (χ2v) is 8.66. The summed E-state index contributed by atoms with van der Waals surface area (Å²) in [4.78, 5) is 28.3. The normalized spacial score (nSPS) is 16.1. The number of amides is 1. The highest BCUT2D eigenvalue weighted by atomic mass is 16.3. The van der Waals surface area contributed by atoms with Gasteiger partial charge in [-0.05, 0) is 53.4 Å². The summed E-state index contributed by atoms with van der Waals surface area (Å²) >= 11 is 0. The number of phenols is 1. The quantitative estimate of drug-likeness (QED) is 0.359. The van der Waals surface area contributed by atoms with Crippen LogP contribution < -0.4 is 4.90 Å². The lowest BCUT2D eigenvalue weighted by Crippen LogP contribution is -2.31. The maximum Gasteiger partial charge on any atom is 0.294 e. The molecule has 4 aromatic rings.